The van der Waals surface area contributed by atoms with Gasteiger partial charge in [-0.05, 0) is 30.5 Å². The fraction of sp³-hybridized carbons (Fsp3) is 0.357. The number of anilines is 1. The van der Waals surface area contributed by atoms with Crippen LogP contribution in [0.1, 0.15) is 12.5 Å². The van der Waals surface area contributed by atoms with Crippen LogP contribution in [-0.2, 0) is 0 Å². The van der Waals surface area contributed by atoms with Crippen LogP contribution in [0.3, 0.4) is 0 Å². The third kappa shape index (κ3) is 2.89. The predicted molar refractivity (Wildman–Crippen MR) is 74.9 cm³/mol. The van der Waals surface area contributed by atoms with Crippen LogP contribution in [0.5, 0.6) is 0 Å². The van der Waals surface area contributed by atoms with Gasteiger partial charge in [-0.2, -0.15) is 0 Å². The van der Waals surface area contributed by atoms with Crippen LogP contribution >= 0.6 is 11.6 Å². The zero-order chi connectivity index (χ0) is 12.3. The van der Waals surface area contributed by atoms with Crippen molar-refractivity contribution in [3.63, 3.8) is 0 Å². The molecule has 0 saturated heterocycles. The maximum Gasteiger partial charge on any atom is 0.129 e. The molecule has 2 rings (SSSR count). The van der Waals surface area contributed by atoms with E-state index in [1.807, 2.05) is 18.2 Å². The number of halogens is 1. The highest BCUT2D eigenvalue weighted by Gasteiger charge is 2.04. The summed E-state index contributed by atoms with van der Waals surface area (Å²) in [4.78, 5) is 4.63. The Hall–Kier alpha value is -1.28. The van der Waals surface area contributed by atoms with E-state index in [-0.39, 0.29) is 0 Å². The molecule has 2 aromatic rings. The minimum atomic E-state index is 0.448. The average Bonchev–Trinajstić information content (AvgIpc) is 2.35. The maximum atomic E-state index is 5.79. The second-order valence-electron chi connectivity index (χ2n) is 4.49. The standard InChI is InChI=1S/C14H17ClN2/c1-10(8-15)9-16-14-11(2)7-12-5-3-4-6-13(12)17-14/h3-7,10H,8-9H2,1-2H3,(H,16,17). The lowest BCUT2D eigenvalue weighted by Crippen LogP contribution is -2.14. The summed E-state index contributed by atoms with van der Waals surface area (Å²) in [6.45, 7) is 5.05. The Morgan fingerprint density at radius 1 is 1.35 bits per heavy atom. The van der Waals surface area contributed by atoms with Crippen molar-refractivity contribution < 1.29 is 0 Å². The summed E-state index contributed by atoms with van der Waals surface area (Å²) >= 11 is 5.79. The molecule has 0 aliphatic rings. The number of nitrogens with zero attached hydrogens (tertiary/aromatic N) is 1. The van der Waals surface area contributed by atoms with Crippen LogP contribution in [0.15, 0.2) is 30.3 Å². The fourth-order valence-electron chi connectivity index (χ4n) is 1.73. The monoisotopic (exact) mass is 248 g/mol. The molecule has 3 heteroatoms. The molecule has 17 heavy (non-hydrogen) atoms. The SMILES string of the molecule is Cc1cc2ccccc2nc1NCC(C)CCl. The number of aromatic nitrogens is 1. The number of hydrogen-bond acceptors (Lipinski definition) is 2. The van der Waals surface area contributed by atoms with Crippen LogP contribution in [0, 0.1) is 12.8 Å². The summed E-state index contributed by atoms with van der Waals surface area (Å²) in [7, 11) is 0. The second-order valence-corrected chi connectivity index (χ2v) is 4.80. The van der Waals surface area contributed by atoms with E-state index in [0.717, 1.165) is 17.9 Å². The molecular weight excluding hydrogens is 232 g/mol. The van der Waals surface area contributed by atoms with Gasteiger partial charge in [-0.25, -0.2) is 4.98 Å². The molecule has 0 amide bonds. The van der Waals surface area contributed by atoms with Gasteiger partial charge in [0.05, 0.1) is 5.52 Å². The lowest BCUT2D eigenvalue weighted by Gasteiger charge is -2.12. The molecule has 1 N–H and O–H groups in total. The Kier molecular flexibility index (Phi) is 3.85. The van der Waals surface area contributed by atoms with Crippen molar-refractivity contribution in [2.75, 3.05) is 17.7 Å². The highest BCUT2D eigenvalue weighted by atomic mass is 35.5. The number of para-hydroxylation sites is 1. The molecule has 0 spiro atoms. The summed E-state index contributed by atoms with van der Waals surface area (Å²) in [6.07, 6.45) is 0. The summed E-state index contributed by atoms with van der Waals surface area (Å²) in [5, 5.41) is 4.54. The number of alkyl halides is 1. The molecule has 90 valence electrons. The van der Waals surface area contributed by atoms with Gasteiger partial charge in [0.2, 0.25) is 0 Å². The Bertz CT molecular complexity index is 511. The van der Waals surface area contributed by atoms with Crippen molar-refractivity contribution >= 4 is 28.3 Å². The summed E-state index contributed by atoms with van der Waals surface area (Å²) in [5.41, 5.74) is 2.20. The average molecular weight is 249 g/mol. The quantitative estimate of drug-likeness (QED) is 0.832. The Balaban J connectivity index is 2.25. The number of fused-ring (bicyclic) bond motifs is 1. The van der Waals surface area contributed by atoms with Gasteiger partial charge < -0.3 is 5.32 Å². The molecule has 1 aromatic carbocycles. The first kappa shape index (κ1) is 12.2. The summed E-state index contributed by atoms with van der Waals surface area (Å²) in [5.74, 6) is 2.07. The zero-order valence-electron chi connectivity index (χ0n) is 10.2. The van der Waals surface area contributed by atoms with E-state index < -0.39 is 0 Å². The number of rotatable bonds is 4. The zero-order valence-corrected chi connectivity index (χ0v) is 11.0. The molecule has 1 heterocycles. The van der Waals surface area contributed by atoms with Gasteiger partial charge in [0.25, 0.3) is 0 Å². The van der Waals surface area contributed by atoms with Crippen molar-refractivity contribution in [2.24, 2.45) is 5.92 Å². The van der Waals surface area contributed by atoms with Crippen molar-refractivity contribution in [1.29, 1.82) is 0 Å². The van der Waals surface area contributed by atoms with Crippen molar-refractivity contribution in [2.45, 2.75) is 13.8 Å². The fourth-order valence-corrected chi connectivity index (χ4v) is 1.84. The molecule has 2 nitrogen and oxygen atoms in total. The molecular formula is C14H17ClN2. The number of hydrogen-bond donors (Lipinski definition) is 1. The highest BCUT2D eigenvalue weighted by Crippen LogP contribution is 2.19. The van der Waals surface area contributed by atoms with E-state index in [0.29, 0.717) is 11.8 Å². The van der Waals surface area contributed by atoms with Crippen LogP contribution in [0.4, 0.5) is 5.82 Å². The molecule has 1 atom stereocenters. The molecule has 0 aliphatic carbocycles. The van der Waals surface area contributed by atoms with Crippen molar-refractivity contribution in [3.8, 4) is 0 Å². The Morgan fingerprint density at radius 2 is 2.12 bits per heavy atom. The number of aryl methyl sites for hydroxylation is 1. The largest absolute Gasteiger partial charge is 0.370 e. The number of pyridine rings is 1. The van der Waals surface area contributed by atoms with Crippen molar-refractivity contribution in [1.82, 2.24) is 4.98 Å². The summed E-state index contributed by atoms with van der Waals surface area (Å²) < 4.78 is 0. The smallest absolute Gasteiger partial charge is 0.129 e. The van der Waals surface area contributed by atoms with Crippen molar-refractivity contribution in [3.05, 3.63) is 35.9 Å². The van der Waals surface area contributed by atoms with Gasteiger partial charge in [-0.1, -0.05) is 25.1 Å². The van der Waals surface area contributed by atoms with E-state index in [4.69, 9.17) is 11.6 Å². The number of benzene rings is 1. The van der Waals surface area contributed by atoms with E-state index >= 15 is 0 Å². The second kappa shape index (κ2) is 5.37. The third-order valence-corrected chi connectivity index (χ3v) is 3.32. The molecule has 0 fully saturated rings. The van der Waals surface area contributed by atoms with E-state index in [1.54, 1.807) is 0 Å². The highest BCUT2D eigenvalue weighted by molar-refractivity contribution is 6.18. The van der Waals surface area contributed by atoms with E-state index in [1.165, 1.54) is 10.9 Å². The normalized spacial score (nSPS) is 12.6. The first-order chi connectivity index (χ1) is 8.20. The Labute approximate surface area is 107 Å². The first-order valence-electron chi connectivity index (χ1n) is 5.87. The van der Waals surface area contributed by atoms with Gasteiger partial charge in [0.15, 0.2) is 0 Å². The minimum Gasteiger partial charge on any atom is -0.370 e. The number of nitrogens with one attached hydrogen (secondary N) is 1. The van der Waals surface area contributed by atoms with Gasteiger partial charge in [-0.3, -0.25) is 0 Å². The van der Waals surface area contributed by atoms with Crippen LogP contribution in [0.25, 0.3) is 10.9 Å². The molecule has 0 radical (unpaired) electrons. The molecule has 1 aromatic heterocycles. The lowest BCUT2D eigenvalue weighted by atomic mass is 10.1. The van der Waals surface area contributed by atoms with E-state index in [2.05, 4.69) is 36.3 Å². The minimum absolute atomic E-state index is 0.448. The maximum absolute atomic E-state index is 5.79. The van der Waals surface area contributed by atoms with Gasteiger partial charge in [-0.15, -0.1) is 11.6 Å². The van der Waals surface area contributed by atoms with Gasteiger partial charge in [0, 0.05) is 17.8 Å². The van der Waals surface area contributed by atoms with Gasteiger partial charge in [0.1, 0.15) is 5.82 Å². The molecule has 0 aliphatic heterocycles. The lowest BCUT2D eigenvalue weighted by molar-refractivity contribution is 0.694. The Morgan fingerprint density at radius 3 is 2.88 bits per heavy atom. The predicted octanol–water partition coefficient (Wildman–Crippen LogP) is 3.83. The van der Waals surface area contributed by atoms with Gasteiger partial charge >= 0.3 is 0 Å². The molecule has 1 unspecified atom stereocenters. The topological polar surface area (TPSA) is 24.9 Å². The first-order valence-corrected chi connectivity index (χ1v) is 6.40. The van der Waals surface area contributed by atoms with Crippen LogP contribution in [-0.4, -0.2) is 17.4 Å². The molecule has 0 saturated carbocycles. The third-order valence-electron chi connectivity index (χ3n) is 2.80. The van der Waals surface area contributed by atoms with E-state index in [9.17, 15) is 0 Å². The molecule has 0 bridgehead atoms. The van der Waals surface area contributed by atoms with Crippen LogP contribution < -0.4 is 5.32 Å². The van der Waals surface area contributed by atoms with Crippen LogP contribution in [0.2, 0.25) is 0 Å². The summed E-state index contributed by atoms with van der Waals surface area (Å²) in [6, 6.07) is 10.3.